The van der Waals surface area contributed by atoms with Gasteiger partial charge in [0.2, 0.25) is 0 Å². The standard InChI is InChI=1S/C13H24N2/c1-10-15(11-1)12-2-4-13(5-3-12)6-8-14-9-7-13/h12,14H,1-11H2/p+1. The Hall–Kier alpha value is -0.0800. The van der Waals surface area contributed by atoms with E-state index in [1.807, 2.05) is 0 Å². The molecule has 1 spiro atoms. The van der Waals surface area contributed by atoms with Crippen molar-refractivity contribution in [1.82, 2.24) is 4.90 Å². The molecule has 0 aromatic heterocycles. The average molecular weight is 209 g/mol. The number of nitrogens with zero attached hydrogens (tertiary/aromatic N) is 1. The van der Waals surface area contributed by atoms with Crippen molar-refractivity contribution >= 4 is 0 Å². The minimum atomic E-state index is 0.788. The van der Waals surface area contributed by atoms with E-state index in [9.17, 15) is 0 Å². The Balaban J connectivity index is 1.54. The highest BCUT2D eigenvalue weighted by Gasteiger charge is 2.39. The molecule has 2 aliphatic heterocycles. The average Bonchev–Trinajstić information content (AvgIpc) is 2.21. The van der Waals surface area contributed by atoms with E-state index < -0.39 is 0 Å². The van der Waals surface area contributed by atoms with Crippen LogP contribution in [-0.4, -0.2) is 37.1 Å². The molecule has 0 amide bonds. The van der Waals surface area contributed by atoms with E-state index in [1.165, 1.54) is 71.1 Å². The van der Waals surface area contributed by atoms with Crippen molar-refractivity contribution in [2.45, 2.75) is 51.0 Å². The predicted octanol–water partition coefficient (Wildman–Crippen LogP) is 0.978. The Labute approximate surface area is 93.4 Å². The maximum atomic E-state index is 2.72. The highest BCUT2D eigenvalue weighted by Crippen LogP contribution is 2.43. The number of hydrogen-bond donors (Lipinski definition) is 1. The van der Waals surface area contributed by atoms with E-state index in [2.05, 4.69) is 10.2 Å². The summed E-state index contributed by atoms with van der Waals surface area (Å²) in [5, 5.41) is 2.51. The molecule has 0 bridgehead atoms. The Kier molecular flexibility index (Phi) is 2.73. The van der Waals surface area contributed by atoms with Gasteiger partial charge in [0, 0.05) is 18.9 Å². The first-order chi connectivity index (χ1) is 7.38. The van der Waals surface area contributed by atoms with E-state index in [0.29, 0.717) is 0 Å². The second-order valence-corrected chi connectivity index (χ2v) is 5.99. The highest BCUT2D eigenvalue weighted by atomic mass is 15.2. The van der Waals surface area contributed by atoms with Crippen molar-refractivity contribution in [3.8, 4) is 0 Å². The normalized spacial score (nSPS) is 32.8. The fourth-order valence-corrected chi connectivity index (χ4v) is 3.87. The molecule has 0 radical (unpaired) electrons. The molecule has 2 nitrogen and oxygen atoms in total. The van der Waals surface area contributed by atoms with Crippen LogP contribution in [0.15, 0.2) is 0 Å². The van der Waals surface area contributed by atoms with Crippen LogP contribution in [0, 0.1) is 5.41 Å². The topological polar surface area (TPSA) is 19.9 Å². The summed E-state index contributed by atoms with van der Waals surface area (Å²) in [6.07, 6.45) is 10.5. The van der Waals surface area contributed by atoms with Gasteiger partial charge in [-0.3, -0.25) is 0 Å². The minimum Gasteiger partial charge on any atom is -0.346 e. The van der Waals surface area contributed by atoms with Crippen molar-refractivity contribution in [3.05, 3.63) is 0 Å². The second-order valence-electron chi connectivity index (χ2n) is 5.99. The number of hydrogen-bond acceptors (Lipinski definition) is 1. The van der Waals surface area contributed by atoms with Crippen LogP contribution in [0.4, 0.5) is 0 Å². The fourth-order valence-electron chi connectivity index (χ4n) is 3.87. The van der Waals surface area contributed by atoms with Crippen LogP contribution in [0.5, 0.6) is 0 Å². The molecule has 2 N–H and O–H groups in total. The lowest BCUT2D eigenvalue weighted by Crippen LogP contribution is -2.87. The third kappa shape index (κ3) is 1.94. The van der Waals surface area contributed by atoms with Crippen molar-refractivity contribution in [3.63, 3.8) is 0 Å². The van der Waals surface area contributed by atoms with Gasteiger partial charge in [0.15, 0.2) is 0 Å². The van der Waals surface area contributed by atoms with Crippen LogP contribution in [0.25, 0.3) is 0 Å². The van der Waals surface area contributed by atoms with Gasteiger partial charge < -0.3 is 10.2 Å². The molecular weight excluding hydrogens is 184 g/mol. The van der Waals surface area contributed by atoms with Gasteiger partial charge in [-0.25, -0.2) is 0 Å². The first-order valence-corrected chi connectivity index (χ1v) is 6.94. The fraction of sp³-hybridized carbons (Fsp3) is 1.00. The van der Waals surface area contributed by atoms with E-state index in [1.54, 1.807) is 0 Å². The largest absolute Gasteiger partial charge is 0.346 e. The van der Waals surface area contributed by atoms with Crippen molar-refractivity contribution in [2.75, 3.05) is 26.2 Å². The molecule has 1 aliphatic carbocycles. The smallest absolute Gasteiger partial charge is 0.0760 e. The number of likely N-dealkylation sites (tertiary alicyclic amines) is 1. The molecule has 15 heavy (non-hydrogen) atoms. The molecule has 0 atom stereocenters. The van der Waals surface area contributed by atoms with Gasteiger partial charge in [-0.2, -0.15) is 0 Å². The third-order valence-electron chi connectivity index (χ3n) is 5.18. The first kappa shape index (κ1) is 10.1. The van der Waals surface area contributed by atoms with Gasteiger partial charge in [-0.1, -0.05) is 0 Å². The molecule has 3 fully saturated rings. The molecule has 2 heterocycles. The van der Waals surface area contributed by atoms with Gasteiger partial charge in [0.1, 0.15) is 0 Å². The molecule has 2 saturated heterocycles. The van der Waals surface area contributed by atoms with E-state index in [4.69, 9.17) is 0 Å². The SMILES string of the molecule is C1CN(C2CCC3(CC[NH2+]CC3)CC2)C1. The van der Waals surface area contributed by atoms with E-state index in [0.717, 1.165) is 11.5 Å². The van der Waals surface area contributed by atoms with Crippen LogP contribution >= 0.6 is 0 Å². The summed E-state index contributed by atoms with van der Waals surface area (Å²) < 4.78 is 0. The molecule has 0 unspecified atom stereocenters. The molecular formula is C13H25N2+. The highest BCUT2D eigenvalue weighted by molar-refractivity contribution is 4.91. The quantitative estimate of drug-likeness (QED) is 0.682. The number of nitrogens with two attached hydrogens (primary N) is 1. The first-order valence-electron chi connectivity index (χ1n) is 6.94. The van der Waals surface area contributed by atoms with E-state index >= 15 is 0 Å². The summed E-state index contributed by atoms with van der Waals surface area (Å²) in [5.74, 6) is 0. The van der Waals surface area contributed by atoms with Gasteiger partial charge in [0.25, 0.3) is 0 Å². The maximum absolute atomic E-state index is 2.72. The zero-order valence-corrected chi connectivity index (χ0v) is 9.88. The maximum Gasteiger partial charge on any atom is 0.0760 e. The molecule has 2 heteroatoms. The summed E-state index contributed by atoms with van der Waals surface area (Å²) in [6.45, 7) is 5.58. The number of rotatable bonds is 1. The van der Waals surface area contributed by atoms with Crippen molar-refractivity contribution in [1.29, 1.82) is 0 Å². The van der Waals surface area contributed by atoms with Gasteiger partial charge in [-0.05, 0) is 50.6 Å². The van der Waals surface area contributed by atoms with Crippen molar-refractivity contribution in [2.24, 2.45) is 5.41 Å². The Morgan fingerprint density at radius 3 is 2.13 bits per heavy atom. The molecule has 0 aromatic carbocycles. The van der Waals surface area contributed by atoms with Gasteiger partial charge >= 0.3 is 0 Å². The summed E-state index contributed by atoms with van der Waals surface area (Å²) in [6, 6.07) is 0.968. The number of piperidine rings is 1. The molecule has 0 aromatic rings. The van der Waals surface area contributed by atoms with Gasteiger partial charge in [0.05, 0.1) is 13.1 Å². The van der Waals surface area contributed by atoms with Crippen LogP contribution in [0.2, 0.25) is 0 Å². The van der Waals surface area contributed by atoms with Crippen LogP contribution < -0.4 is 5.32 Å². The van der Waals surface area contributed by atoms with E-state index in [-0.39, 0.29) is 0 Å². The summed E-state index contributed by atoms with van der Waals surface area (Å²) in [7, 11) is 0. The molecule has 86 valence electrons. The Morgan fingerprint density at radius 1 is 0.933 bits per heavy atom. The van der Waals surface area contributed by atoms with Crippen LogP contribution in [-0.2, 0) is 0 Å². The summed E-state index contributed by atoms with van der Waals surface area (Å²) in [5.41, 5.74) is 0.788. The Bertz CT molecular complexity index is 207. The Morgan fingerprint density at radius 2 is 1.60 bits per heavy atom. The van der Waals surface area contributed by atoms with Crippen LogP contribution in [0.3, 0.4) is 0 Å². The van der Waals surface area contributed by atoms with Gasteiger partial charge in [-0.15, -0.1) is 0 Å². The zero-order chi connectivity index (χ0) is 10.1. The number of quaternary nitrogens is 1. The lowest BCUT2D eigenvalue weighted by molar-refractivity contribution is -0.668. The third-order valence-corrected chi connectivity index (χ3v) is 5.18. The van der Waals surface area contributed by atoms with Crippen LogP contribution in [0.1, 0.15) is 44.9 Å². The summed E-state index contributed by atoms with van der Waals surface area (Å²) in [4.78, 5) is 2.72. The predicted molar refractivity (Wildman–Crippen MR) is 61.8 cm³/mol. The lowest BCUT2D eigenvalue weighted by atomic mass is 9.67. The minimum absolute atomic E-state index is 0.788. The summed E-state index contributed by atoms with van der Waals surface area (Å²) >= 11 is 0. The van der Waals surface area contributed by atoms with Crippen molar-refractivity contribution < 1.29 is 5.32 Å². The monoisotopic (exact) mass is 209 g/mol. The second kappa shape index (κ2) is 4.06. The zero-order valence-electron chi connectivity index (χ0n) is 9.88. The molecule has 3 rings (SSSR count). The lowest BCUT2D eigenvalue weighted by Gasteiger charge is -2.47. The molecule has 3 aliphatic rings. The molecule has 1 saturated carbocycles.